The molecule has 0 saturated carbocycles. The maximum absolute atomic E-state index is 12.0. The standard InChI is InChI=1S/2C13H18ClNO.2C9H11ClN2O2.2C9H11ClN2O.2C9H17NOS/c2*1-4-9-13(2,3)12(16)15-11-7-5-10(14)6-8-11;2*1-12(14-2)9(13)11-8-5-3-7(10)4-6-8;2*1-12(2)9(13)11-8-5-3-7(10)4-6-8;2*1-2-12-9(11)10-7-5-3-4-6-8-10/h2*5-8H,4,9H2,1-3H3,(H,15,16);2*3-6H,1-2H3,(H,11,13);2*3-6H,1-2H3,(H,11,13);2*2-8H2,1H3. The molecule has 2 fully saturated rings. The van der Waals surface area contributed by atoms with Gasteiger partial charge in [-0.1, -0.05) is 187 Å². The Morgan fingerprint density at radius 3 is 0.727 bits per heavy atom. The molecule has 0 radical (unpaired) electrons. The van der Waals surface area contributed by atoms with Gasteiger partial charge in [0.15, 0.2) is 0 Å². The number of hydrogen-bond donors (Lipinski definition) is 6. The number of urea groups is 4. The van der Waals surface area contributed by atoms with Crippen LogP contribution in [0, 0.1) is 10.8 Å². The second-order valence-corrected chi connectivity index (χ2v) is 31.3. The van der Waals surface area contributed by atoms with Crippen molar-refractivity contribution in [3.05, 3.63) is 176 Å². The van der Waals surface area contributed by atoms with E-state index in [4.69, 9.17) is 79.3 Å². The normalized spacial score (nSPS) is 12.1. The zero-order valence-corrected chi connectivity index (χ0v) is 72.6. The molecule has 2 saturated heterocycles. The van der Waals surface area contributed by atoms with E-state index >= 15 is 0 Å². The lowest BCUT2D eigenvalue weighted by atomic mass is 9.87. The van der Waals surface area contributed by atoms with Gasteiger partial charge in [0.1, 0.15) is 0 Å². The van der Waals surface area contributed by atoms with Crippen molar-refractivity contribution >= 4 is 174 Å². The van der Waals surface area contributed by atoms with E-state index in [0.717, 1.165) is 96.2 Å². The molecule has 110 heavy (non-hydrogen) atoms. The summed E-state index contributed by atoms with van der Waals surface area (Å²) in [7, 11) is 12.6. The fourth-order valence-electron chi connectivity index (χ4n) is 9.25. The average Bonchev–Trinajstić information content (AvgIpc) is 0.971. The number of hydrogen-bond acceptors (Lipinski definition) is 12. The van der Waals surface area contributed by atoms with Crippen molar-refractivity contribution < 1.29 is 48.0 Å². The fraction of sp³-hybridized carbons (Fsp3) is 0.450. The van der Waals surface area contributed by atoms with Crippen LogP contribution < -0.4 is 31.9 Å². The summed E-state index contributed by atoms with van der Waals surface area (Å²) in [4.78, 5) is 108. The Hall–Kier alpha value is -7.36. The third-order valence-electron chi connectivity index (χ3n) is 15.8. The van der Waals surface area contributed by atoms with Crippen LogP contribution in [0.1, 0.15) is 132 Å². The number of hydroxylamine groups is 4. The highest BCUT2D eigenvalue weighted by Crippen LogP contribution is 2.27. The van der Waals surface area contributed by atoms with Gasteiger partial charge < -0.3 is 51.5 Å². The van der Waals surface area contributed by atoms with Gasteiger partial charge >= 0.3 is 24.1 Å². The molecule has 0 aliphatic carbocycles. The first kappa shape index (κ1) is 101. The van der Waals surface area contributed by atoms with Crippen LogP contribution in [0.3, 0.4) is 0 Å². The SMILES string of the molecule is CCCC(C)(C)C(=O)Nc1ccc(Cl)cc1.CCCC(C)(C)C(=O)Nc1ccc(Cl)cc1.CCSC(=O)N1CCCCCC1.CCSC(=O)N1CCCCCC1.CN(C)C(=O)Nc1ccc(Cl)cc1.CN(C)C(=O)Nc1ccc(Cl)cc1.CON(C)C(=O)Nc1ccc(Cl)cc1.CON(C)C(=O)Nc1ccc(Cl)cc1. The quantitative estimate of drug-likeness (QED) is 0.0496. The van der Waals surface area contributed by atoms with Gasteiger partial charge in [0.05, 0.1) is 14.2 Å². The van der Waals surface area contributed by atoms with Gasteiger partial charge in [-0.2, -0.15) is 0 Å². The van der Waals surface area contributed by atoms with Crippen LogP contribution in [-0.2, 0) is 19.3 Å². The third-order valence-corrected chi connectivity index (χ3v) is 18.9. The van der Waals surface area contributed by atoms with E-state index in [1.54, 1.807) is 150 Å². The minimum absolute atomic E-state index is 0.0525. The Bertz CT molecular complexity index is 3380. The molecule has 12 amide bonds. The van der Waals surface area contributed by atoms with E-state index in [-0.39, 0.29) is 57.2 Å². The molecule has 0 aromatic heterocycles. The van der Waals surface area contributed by atoms with Crippen molar-refractivity contribution in [2.24, 2.45) is 10.8 Å². The Morgan fingerprint density at radius 2 is 0.545 bits per heavy atom. The van der Waals surface area contributed by atoms with Crippen LogP contribution in [0.15, 0.2) is 146 Å². The molecule has 22 nitrogen and oxygen atoms in total. The van der Waals surface area contributed by atoms with Crippen LogP contribution in [0.4, 0.5) is 62.9 Å². The lowest BCUT2D eigenvalue weighted by molar-refractivity contribution is -0.125. The molecule has 6 aromatic carbocycles. The second-order valence-electron chi connectivity index (χ2n) is 26.3. The van der Waals surface area contributed by atoms with Crippen molar-refractivity contribution in [2.75, 3.05) is 126 Å². The zero-order chi connectivity index (χ0) is 82.8. The number of carbonyl (C=O) groups is 8. The van der Waals surface area contributed by atoms with Gasteiger partial charge in [-0.3, -0.25) is 28.9 Å². The van der Waals surface area contributed by atoms with Crippen molar-refractivity contribution in [3.8, 4) is 0 Å². The topological polar surface area (TPSA) is 247 Å². The average molecular weight is 1680 g/mol. The maximum atomic E-state index is 12.0. The van der Waals surface area contributed by atoms with E-state index in [9.17, 15) is 38.4 Å². The Balaban J connectivity index is 0.000000630. The number of halogens is 6. The van der Waals surface area contributed by atoms with Gasteiger partial charge in [-0.15, -0.1) is 0 Å². The van der Waals surface area contributed by atoms with Crippen LogP contribution in [0.2, 0.25) is 30.1 Å². The number of thioether (sulfide) groups is 2. The predicted molar refractivity (Wildman–Crippen MR) is 463 cm³/mol. The number of nitrogens with one attached hydrogen (secondary N) is 6. The number of benzene rings is 6. The Labute approximate surface area is 691 Å². The molecule has 30 heteroatoms. The highest BCUT2D eigenvalue weighted by Gasteiger charge is 2.28. The van der Waals surface area contributed by atoms with Crippen LogP contribution in [0.5, 0.6) is 0 Å². The second kappa shape index (κ2) is 56.8. The highest BCUT2D eigenvalue weighted by atomic mass is 35.5. The van der Waals surface area contributed by atoms with Crippen molar-refractivity contribution in [1.82, 2.24) is 29.7 Å². The molecule has 2 aliphatic rings. The lowest BCUT2D eigenvalue weighted by Gasteiger charge is -2.22. The van der Waals surface area contributed by atoms with E-state index in [1.807, 2.05) is 75.6 Å². The summed E-state index contributed by atoms with van der Waals surface area (Å²) in [6, 6.07) is 40.9. The summed E-state index contributed by atoms with van der Waals surface area (Å²) in [5.41, 5.74) is 3.75. The van der Waals surface area contributed by atoms with E-state index in [1.165, 1.54) is 113 Å². The summed E-state index contributed by atoms with van der Waals surface area (Å²) in [6.07, 6.45) is 13.7. The Morgan fingerprint density at radius 1 is 0.345 bits per heavy atom. The molecule has 0 bridgehead atoms. The van der Waals surface area contributed by atoms with Gasteiger partial charge in [0.2, 0.25) is 11.8 Å². The summed E-state index contributed by atoms with van der Waals surface area (Å²) in [5.74, 6) is 1.90. The number of likely N-dealkylation sites (tertiary alicyclic amines) is 2. The molecule has 6 aromatic rings. The largest absolute Gasteiger partial charge is 0.345 e. The molecule has 0 unspecified atom stereocenters. The first-order chi connectivity index (χ1) is 52.0. The molecular formula is C80H114Cl6N12O10S2. The molecule has 608 valence electrons. The Kier molecular flexibility index (Phi) is 52.0. The number of carbonyl (C=O) groups excluding carboxylic acids is 8. The number of rotatable bonds is 16. The number of amides is 12. The summed E-state index contributed by atoms with van der Waals surface area (Å²) in [6.45, 7) is 20.0. The molecule has 2 aliphatic heterocycles. The van der Waals surface area contributed by atoms with E-state index in [2.05, 4.69) is 45.7 Å². The molecule has 0 atom stereocenters. The monoisotopic (exact) mass is 1680 g/mol. The zero-order valence-electron chi connectivity index (χ0n) is 66.4. The van der Waals surface area contributed by atoms with Crippen molar-refractivity contribution in [1.29, 1.82) is 0 Å². The molecule has 2 heterocycles. The van der Waals surface area contributed by atoms with Gasteiger partial charge in [-0.05, 0) is 196 Å². The van der Waals surface area contributed by atoms with Crippen molar-refractivity contribution in [2.45, 2.75) is 132 Å². The van der Waals surface area contributed by atoms with E-state index in [0.29, 0.717) is 41.5 Å². The molecule has 8 rings (SSSR count). The molecular weight excluding hydrogens is 1570 g/mol. The first-order valence-corrected chi connectivity index (χ1v) is 40.4. The summed E-state index contributed by atoms with van der Waals surface area (Å²) >= 11 is 37.2. The minimum atomic E-state index is -0.338. The number of nitrogens with zero attached hydrogens (tertiary/aromatic N) is 6. The smallest absolute Gasteiger partial charge is 0.334 e. The molecule has 0 spiro atoms. The summed E-state index contributed by atoms with van der Waals surface area (Å²) < 4.78 is 0. The lowest BCUT2D eigenvalue weighted by Crippen LogP contribution is -2.30. The molecule has 6 N–H and O–H groups in total. The van der Waals surface area contributed by atoms with Gasteiger partial charge in [-0.25, -0.2) is 29.3 Å². The van der Waals surface area contributed by atoms with Crippen LogP contribution >= 0.6 is 93.1 Å². The van der Waals surface area contributed by atoms with E-state index < -0.39 is 0 Å². The maximum Gasteiger partial charge on any atom is 0.345 e. The summed E-state index contributed by atoms with van der Waals surface area (Å²) in [5, 5.41) is 23.1. The number of anilines is 6. The highest BCUT2D eigenvalue weighted by molar-refractivity contribution is 8.13. The van der Waals surface area contributed by atoms with Crippen LogP contribution in [-0.4, -0.2) is 170 Å². The fourth-order valence-corrected chi connectivity index (χ4v) is 11.2. The predicted octanol–water partition coefficient (Wildman–Crippen LogP) is 23.3. The van der Waals surface area contributed by atoms with Gasteiger partial charge in [0.25, 0.3) is 10.5 Å². The van der Waals surface area contributed by atoms with Crippen LogP contribution in [0.25, 0.3) is 0 Å². The van der Waals surface area contributed by atoms with Crippen molar-refractivity contribution in [3.63, 3.8) is 0 Å². The van der Waals surface area contributed by atoms with Gasteiger partial charge in [0, 0.05) is 144 Å². The minimum Gasteiger partial charge on any atom is -0.334 e. The third kappa shape index (κ3) is 45.2. The first-order valence-electron chi connectivity index (χ1n) is 36.2.